The lowest BCUT2D eigenvalue weighted by molar-refractivity contribution is 0.0953. The van der Waals surface area contributed by atoms with Crippen molar-refractivity contribution in [3.8, 4) is 0 Å². The van der Waals surface area contributed by atoms with Crippen molar-refractivity contribution in [2.75, 3.05) is 6.54 Å². The maximum absolute atomic E-state index is 11.7. The van der Waals surface area contributed by atoms with Crippen molar-refractivity contribution >= 4 is 16.8 Å². The van der Waals surface area contributed by atoms with Crippen LogP contribution in [0, 0.1) is 0 Å². The number of nitrogens with one attached hydrogen (secondary N) is 2. The van der Waals surface area contributed by atoms with Crippen molar-refractivity contribution in [3.63, 3.8) is 0 Å². The number of aromatic amines is 1. The zero-order valence-electron chi connectivity index (χ0n) is 9.21. The Kier molecular flexibility index (Phi) is 2.77. The van der Waals surface area contributed by atoms with Gasteiger partial charge in [-0.1, -0.05) is 30.4 Å². The highest BCUT2D eigenvalue weighted by atomic mass is 16.1. The molecule has 0 aliphatic rings. The zero-order chi connectivity index (χ0) is 11.5. The number of hydrogen-bond acceptors (Lipinski definition) is 1. The van der Waals surface area contributed by atoms with Gasteiger partial charge in [0.05, 0.1) is 0 Å². The first-order valence-electron chi connectivity index (χ1n) is 5.17. The van der Waals surface area contributed by atoms with Gasteiger partial charge in [-0.2, -0.15) is 0 Å². The van der Waals surface area contributed by atoms with Gasteiger partial charge in [-0.05, 0) is 19.1 Å². The average Bonchev–Trinajstić information content (AvgIpc) is 2.69. The van der Waals surface area contributed by atoms with Crippen LogP contribution in [0.2, 0.25) is 0 Å². The fourth-order valence-electron chi connectivity index (χ4n) is 1.52. The lowest BCUT2D eigenvalue weighted by atomic mass is 10.2. The Labute approximate surface area is 94.2 Å². The molecule has 0 bridgehead atoms. The number of benzene rings is 1. The molecule has 1 amide bonds. The van der Waals surface area contributed by atoms with Crippen molar-refractivity contribution in [3.05, 3.63) is 48.2 Å². The van der Waals surface area contributed by atoms with E-state index in [1.165, 1.54) is 0 Å². The molecule has 2 N–H and O–H groups in total. The molecule has 1 heterocycles. The monoisotopic (exact) mass is 214 g/mol. The van der Waals surface area contributed by atoms with Gasteiger partial charge < -0.3 is 10.3 Å². The fourth-order valence-corrected chi connectivity index (χ4v) is 1.52. The van der Waals surface area contributed by atoms with E-state index in [-0.39, 0.29) is 5.91 Å². The standard InChI is InChI=1S/C13H14N2O/c1-9(2)8-14-13(16)12-7-10-5-3-4-6-11(10)15-12/h3-7,15H,1,8H2,2H3,(H,14,16). The fraction of sp³-hybridized carbons (Fsp3) is 0.154. The second-order valence-electron chi connectivity index (χ2n) is 3.91. The zero-order valence-corrected chi connectivity index (χ0v) is 9.21. The van der Waals surface area contributed by atoms with Gasteiger partial charge >= 0.3 is 0 Å². The van der Waals surface area contributed by atoms with Crippen LogP contribution in [0.25, 0.3) is 10.9 Å². The highest BCUT2D eigenvalue weighted by Gasteiger charge is 2.07. The molecule has 3 nitrogen and oxygen atoms in total. The molecule has 0 aliphatic heterocycles. The van der Waals surface area contributed by atoms with E-state index < -0.39 is 0 Å². The molecule has 0 aliphatic carbocycles. The Morgan fingerprint density at radius 2 is 2.19 bits per heavy atom. The smallest absolute Gasteiger partial charge is 0.267 e. The molecular formula is C13H14N2O. The number of fused-ring (bicyclic) bond motifs is 1. The number of amides is 1. The quantitative estimate of drug-likeness (QED) is 0.757. The molecular weight excluding hydrogens is 200 g/mol. The number of aromatic nitrogens is 1. The molecule has 0 fully saturated rings. The Hall–Kier alpha value is -2.03. The van der Waals surface area contributed by atoms with Gasteiger partial charge in [0.15, 0.2) is 0 Å². The molecule has 0 spiro atoms. The molecule has 2 rings (SSSR count). The van der Waals surface area contributed by atoms with Crippen molar-refractivity contribution < 1.29 is 4.79 Å². The molecule has 2 aromatic rings. The van der Waals surface area contributed by atoms with Crippen LogP contribution in [0.15, 0.2) is 42.5 Å². The van der Waals surface area contributed by atoms with Crippen molar-refractivity contribution in [1.29, 1.82) is 0 Å². The largest absolute Gasteiger partial charge is 0.351 e. The Morgan fingerprint density at radius 3 is 2.88 bits per heavy atom. The van der Waals surface area contributed by atoms with Crippen LogP contribution < -0.4 is 5.32 Å². The van der Waals surface area contributed by atoms with Gasteiger partial charge in [0.2, 0.25) is 0 Å². The van der Waals surface area contributed by atoms with Crippen LogP contribution >= 0.6 is 0 Å². The Bertz CT molecular complexity index is 507. The topological polar surface area (TPSA) is 44.9 Å². The normalized spacial score (nSPS) is 10.3. The van der Waals surface area contributed by atoms with E-state index in [0.29, 0.717) is 12.2 Å². The minimum Gasteiger partial charge on any atom is -0.351 e. The van der Waals surface area contributed by atoms with E-state index in [0.717, 1.165) is 16.5 Å². The van der Waals surface area contributed by atoms with E-state index in [9.17, 15) is 4.79 Å². The van der Waals surface area contributed by atoms with E-state index in [4.69, 9.17) is 0 Å². The molecule has 0 unspecified atom stereocenters. The number of carbonyl (C=O) groups excluding carboxylic acids is 1. The average molecular weight is 214 g/mol. The van der Waals surface area contributed by atoms with Crippen LogP contribution in [0.3, 0.4) is 0 Å². The van der Waals surface area contributed by atoms with Gasteiger partial charge in [-0.25, -0.2) is 0 Å². The first-order chi connectivity index (χ1) is 7.66. The minimum absolute atomic E-state index is 0.0980. The second kappa shape index (κ2) is 4.23. The highest BCUT2D eigenvalue weighted by molar-refractivity contribution is 5.98. The summed E-state index contributed by atoms with van der Waals surface area (Å²) in [4.78, 5) is 14.8. The third-order valence-corrected chi connectivity index (χ3v) is 2.33. The summed E-state index contributed by atoms with van der Waals surface area (Å²) in [5.41, 5.74) is 2.50. The first kappa shape index (κ1) is 10.5. The number of carbonyl (C=O) groups is 1. The molecule has 1 aromatic carbocycles. The molecule has 3 heteroatoms. The maximum atomic E-state index is 11.7. The molecule has 1 aromatic heterocycles. The molecule has 0 saturated carbocycles. The van der Waals surface area contributed by atoms with Gasteiger partial charge in [-0.15, -0.1) is 0 Å². The van der Waals surface area contributed by atoms with E-state index in [2.05, 4.69) is 16.9 Å². The van der Waals surface area contributed by atoms with Crippen molar-refractivity contribution in [2.24, 2.45) is 0 Å². The number of H-pyrrole nitrogens is 1. The SMILES string of the molecule is C=C(C)CNC(=O)c1cc2ccccc2[nH]1. The first-order valence-corrected chi connectivity index (χ1v) is 5.17. The summed E-state index contributed by atoms with van der Waals surface area (Å²) >= 11 is 0. The maximum Gasteiger partial charge on any atom is 0.267 e. The molecule has 0 atom stereocenters. The van der Waals surface area contributed by atoms with Crippen LogP contribution in [0.5, 0.6) is 0 Å². The molecule has 82 valence electrons. The number of rotatable bonds is 3. The summed E-state index contributed by atoms with van der Waals surface area (Å²) in [5, 5.41) is 3.83. The van der Waals surface area contributed by atoms with E-state index in [1.54, 1.807) is 0 Å². The van der Waals surface area contributed by atoms with E-state index in [1.807, 2.05) is 37.3 Å². The summed E-state index contributed by atoms with van der Waals surface area (Å²) in [6.07, 6.45) is 0. The van der Waals surface area contributed by atoms with Gasteiger partial charge in [0.1, 0.15) is 5.69 Å². The van der Waals surface area contributed by atoms with Crippen LogP contribution in [-0.4, -0.2) is 17.4 Å². The number of hydrogen-bond donors (Lipinski definition) is 2. The summed E-state index contributed by atoms with van der Waals surface area (Å²) in [6, 6.07) is 9.66. The molecule has 16 heavy (non-hydrogen) atoms. The molecule has 0 radical (unpaired) electrons. The van der Waals surface area contributed by atoms with Gasteiger partial charge in [0, 0.05) is 17.4 Å². The van der Waals surface area contributed by atoms with Crippen molar-refractivity contribution in [2.45, 2.75) is 6.92 Å². The summed E-state index contributed by atoms with van der Waals surface area (Å²) in [7, 11) is 0. The van der Waals surface area contributed by atoms with Crippen LogP contribution in [0.4, 0.5) is 0 Å². The van der Waals surface area contributed by atoms with E-state index >= 15 is 0 Å². The number of para-hydroxylation sites is 1. The van der Waals surface area contributed by atoms with Gasteiger partial charge in [-0.3, -0.25) is 4.79 Å². The summed E-state index contributed by atoms with van der Waals surface area (Å²) in [6.45, 7) is 6.13. The van der Waals surface area contributed by atoms with Gasteiger partial charge in [0.25, 0.3) is 5.91 Å². The van der Waals surface area contributed by atoms with Crippen LogP contribution in [0.1, 0.15) is 17.4 Å². The lowest BCUT2D eigenvalue weighted by Crippen LogP contribution is -2.25. The second-order valence-corrected chi connectivity index (χ2v) is 3.91. The van der Waals surface area contributed by atoms with Crippen LogP contribution in [-0.2, 0) is 0 Å². The predicted molar refractivity (Wildman–Crippen MR) is 65.4 cm³/mol. The van der Waals surface area contributed by atoms with Crippen molar-refractivity contribution in [1.82, 2.24) is 10.3 Å². The molecule has 0 saturated heterocycles. The summed E-state index contributed by atoms with van der Waals surface area (Å²) < 4.78 is 0. The Balaban J connectivity index is 2.20. The predicted octanol–water partition coefficient (Wildman–Crippen LogP) is 2.47. The highest BCUT2D eigenvalue weighted by Crippen LogP contribution is 2.14. The third-order valence-electron chi connectivity index (χ3n) is 2.33. The lowest BCUT2D eigenvalue weighted by Gasteiger charge is -2.01. The summed E-state index contributed by atoms with van der Waals surface area (Å²) in [5.74, 6) is -0.0980. The Morgan fingerprint density at radius 1 is 1.44 bits per heavy atom. The minimum atomic E-state index is -0.0980. The third kappa shape index (κ3) is 2.14.